The van der Waals surface area contributed by atoms with Crippen molar-refractivity contribution in [1.82, 2.24) is 4.57 Å². The number of carbonyl (C=O) groups is 1. The Morgan fingerprint density at radius 2 is 1.92 bits per heavy atom. The van der Waals surface area contributed by atoms with Crippen LogP contribution in [-0.4, -0.2) is 17.6 Å². The molecule has 3 aromatic carbocycles. The van der Waals surface area contributed by atoms with Crippen LogP contribution in [0.1, 0.15) is 5.56 Å². The lowest BCUT2D eigenvalue weighted by Gasteiger charge is -2.04. The Hall–Kier alpha value is -2.92. The fourth-order valence-electron chi connectivity index (χ4n) is 3.10. The summed E-state index contributed by atoms with van der Waals surface area (Å²) in [5, 5.41) is 2.24. The van der Waals surface area contributed by atoms with Crippen LogP contribution in [0.5, 0.6) is 5.75 Å². The van der Waals surface area contributed by atoms with E-state index in [-0.39, 0.29) is 5.91 Å². The van der Waals surface area contributed by atoms with Gasteiger partial charge >= 0.3 is 0 Å². The van der Waals surface area contributed by atoms with Crippen LogP contribution >= 0.6 is 11.3 Å². The lowest BCUT2D eigenvalue weighted by Crippen LogP contribution is -2.14. The third-order valence-electron chi connectivity index (χ3n) is 4.46. The number of fused-ring (bicyclic) bond motifs is 2. The Morgan fingerprint density at radius 3 is 2.77 bits per heavy atom. The van der Waals surface area contributed by atoms with Gasteiger partial charge in [0, 0.05) is 7.05 Å². The van der Waals surface area contributed by atoms with E-state index in [9.17, 15) is 4.79 Å². The van der Waals surface area contributed by atoms with Crippen LogP contribution in [0.4, 0.5) is 0 Å². The van der Waals surface area contributed by atoms with E-state index < -0.39 is 0 Å². The van der Waals surface area contributed by atoms with Crippen molar-refractivity contribution < 1.29 is 9.53 Å². The van der Waals surface area contributed by atoms with Gasteiger partial charge in [-0.2, -0.15) is 4.99 Å². The zero-order chi connectivity index (χ0) is 18.1. The summed E-state index contributed by atoms with van der Waals surface area (Å²) in [6, 6.07) is 20.0. The SMILES string of the molecule is COc1ccc2c(c1)sc(=NC(=O)Cc1cccc3ccccc13)n2C. The van der Waals surface area contributed by atoms with E-state index >= 15 is 0 Å². The van der Waals surface area contributed by atoms with Crippen molar-refractivity contribution in [2.45, 2.75) is 6.42 Å². The number of ether oxygens (including phenoxy) is 1. The van der Waals surface area contributed by atoms with Crippen LogP contribution in [0.15, 0.2) is 65.7 Å². The first-order chi connectivity index (χ1) is 12.7. The van der Waals surface area contributed by atoms with Crippen molar-refractivity contribution >= 4 is 38.2 Å². The van der Waals surface area contributed by atoms with Gasteiger partial charge in [0.2, 0.25) is 0 Å². The summed E-state index contributed by atoms with van der Waals surface area (Å²) in [5.74, 6) is 0.656. The molecule has 0 aliphatic heterocycles. The van der Waals surface area contributed by atoms with E-state index in [1.165, 1.54) is 11.3 Å². The first kappa shape index (κ1) is 16.5. The molecule has 26 heavy (non-hydrogen) atoms. The Labute approximate surface area is 155 Å². The molecule has 1 amide bonds. The minimum absolute atomic E-state index is 0.143. The minimum Gasteiger partial charge on any atom is -0.497 e. The van der Waals surface area contributed by atoms with E-state index in [0.29, 0.717) is 11.2 Å². The number of methoxy groups -OCH3 is 1. The Kier molecular flexibility index (Phi) is 4.31. The van der Waals surface area contributed by atoms with Gasteiger partial charge in [0.25, 0.3) is 5.91 Å². The molecular formula is C21H18N2O2S. The van der Waals surface area contributed by atoms with Crippen LogP contribution < -0.4 is 9.54 Å². The maximum absolute atomic E-state index is 12.6. The van der Waals surface area contributed by atoms with Gasteiger partial charge in [-0.15, -0.1) is 0 Å². The lowest BCUT2D eigenvalue weighted by atomic mass is 10.0. The molecule has 0 unspecified atom stereocenters. The standard InChI is InChI=1S/C21H18N2O2S/c1-23-18-11-10-16(25-2)13-19(18)26-21(23)22-20(24)12-15-8-5-7-14-6-3-4-9-17(14)15/h3-11,13H,12H2,1-2H3. The number of hydrogen-bond acceptors (Lipinski definition) is 3. The fraction of sp³-hybridized carbons (Fsp3) is 0.143. The van der Waals surface area contributed by atoms with Crippen molar-refractivity contribution in [3.63, 3.8) is 0 Å². The summed E-state index contributed by atoms with van der Waals surface area (Å²) in [4.78, 5) is 17.6. The molecule has 0 spiro atoms. The molecule has 4 rings (SSSR count). The number of benzene rings is 3. The first-order valence-corrected chi connectivity index (χ1v) is 9.15. The van der Waals surface area contributed by atoms with Gasteiger partial charge in [0.15, 0.2) is 4.80 Å². The zero-order valence-corrected chi connectivity index (χ0v) is 15.4. The average molecular weight is 362 g/mol. The molecule has 0 saturated carbocycles. The van der Waals surface area contributed by atoms with Gasteiger partial charge in [-0.05, 0) is 34.5 Å². The molecule has 0 saturated heterocycles. The maximum atomic E-state index is 12.6. The smallest absolute Gasteiger partial charge is 0.252 e. The van der Waals surface area contributed by atoms with Gasteiger partial charge in [0.05, 0.1) is 23.7 Å². The summed E-state index contributed by atoms with van der Waals surface area (Å²) in [5.41, 5.74) is 2.04. The van der Waals surface area contributed by atoms with Gasteiger partial charge in [0.1, 0.15) is 5.75 Å². The van der Waals surface area contributed by atoms with Crippen molar-refractivity contribution in [3.8, 4) is 5.75 Å². The van der Waals surface area contributed by atoms with E-state index in [1.54, 1.807) is 7.11 Å². The number of nitrogens with zero attached hydrogens (tertiary/aromatic N) is 2. The number of hydrogen-bond donors (Lipinski definition) is 0. The summed E-state index contributed by atoms with van der Waals surface area (Å²) >= 11 is 1.49. The molecule has 1 heterocycles. The molecule has 0 aliphatic carbocycles. The first-order valence-electron chi connectivity index (χ1n) is 8.33. The highest BCUT2D eigenvalue weighted by Crippen LogP contribution is 2.23. The number of rotatable bonds is 3. The Morgan fingerprint density at radius 1 is 1.12 bits per heavy atom. The second-order valence-electron chi connectivity index (χ2n) is 6.10. The second-order valence-corrected chi connectivity index (χ2v) is 7.11. The maximum Gasteiger partial charge on any atom is 0.252 e. The van der Waals surface area contributed by atoms with Gasteiger partial charge < -0.3 is 9.30 Å². The van der Waals surface area contributed by atoms with E-state index in [4.69, 9.17) is 4.74 Å². The molecule has 130 valence electrons. The predicted molar refractivity (Wildman–Crippen MR) is 106 cm³/mol. The van der Waals surface area contributed by atoms with Crippen LogP contribution in [0.25, 0.3) is 21.0 Å². The van der Waals surface area contributed by atoms with Gasteiger partial charge in [-0.25, -0.2) is 0 Å². The molecule has 0 radical (unpaired) electrons. The quantitative estimate of drug-likeness (QED) is 0.551. The molecule has 4 aromatic rings. The third-order valence-corrected chi connectivity index (χ3v) is 5.55. The molecular weight excluding hydrogens is 344 g/mol. The largest absolute Gasteiger partial charge is 0.497 e. The number of amides is 1. The molecule has 0 aliphatic rings. The van der Waals surface area contributed by atoms with Gasteiger partial charge in [-0.3, -0.25) is 4.79 Å². The van der Waals surface area contributed by atoms with E-state index in [0.717, 1.165) is 32.3 Å². The second kappa shape index (κ2) is 6.77. The summed E-state index contributed by atoms with van der Waals surface area (Å²) < 4.78 is 8.26. The number of carbonyl (C=O) groups excluding carboxylic acids is 1. The molecule has 0 atom stereocenters. The normalized spacial score (nSPS) is 12.0. The van der Waals surface area contributed by atoms with Crippen molar-refractivity contribution in [1.29, 1.82) is 0 Å². The summed E-state index contributed by atoms with van der Waals surface area (Å²) in [6.45, 7) is 0. The summed E-state index contributed by atoms with van der Waals surface area (Å²) in [6.07, 6.45) is 0.291. The molecule has 1 aromatic heterocycles. The lowest BCUT2D eigenvalue weighted by molar-refractivity contribution is -0.117. The molecule has 0 N–H and O–H groups in total. The van der Waals surface area contributed by atoms with Crippen LogP contribution in [0.2, 0.25) is 0 Å². The Bertz CT molecular complexity index is 1180. The fourth-order valence-corrected chi connectivity index (χ4v) is 4.17. The zero-order valence-electron chi connectivity index (χ0n) is 14.6. The highest BCUT2D eigenvalue weighted by molar-refractivity contribution is 7.16. The van der Waals surface area contributed by atoms with E-state index in [2.05, 4.69) is 17.1 Å². The van der Waals surface area contributed by atoms with Crippen LogP contribution in [0, 0.1) is 0 Å². The summed E-state index contributed by atoms with van der Waals surface area (Å²) in [7, 11) is 3.57. The molecule has 0 bridgehead atoms. The third kappa shape index (κ3) is 3.02. The van der Waals surface area contributed by atoms with E-state index in [1.807, 2.05) is 60.1 Å². The average Bonchev–Trinajstić information content (AvgIpc) is 2.97. The Balaban J connectivity index is 1.71. The molecule has 4 nitrogen and oxygen atoms in total. The number of thiazole rings is 1. The molecule has 0 fully saturated rings. The predicted octanol–water partition coefficient (Wildman–Crippen LogP) is 4.07. The van der Waals surface area contributed by atoms with Crippen molar-refractivity contribution in [3.05, 3.63) is 71.0 Å². The number of aromatic nitrogens is 1. The van der Waals surface area contributed by atoms with Crippen LogP contribution in [0.3, 0.4) is 0 Å². The van der Waals surface area contributed by atoms with Crippen molar-refractivity contribution in [2.75, 3.05) is 7.11 Å². The highest BCUT2D eigenvalue weighted by atomic mass is 32.1. The molecule has 5 heteroatoms. The topological polar surface area (TPSA) is 43.6 Å². The number of aryl methyl sites for hydroxylation is 1. The minimum atomic E-state index is -0.143. The van der Waals surface area contributed by atoms with Gasteiger partial charge in [-0.1, -0.05) is 53.8 Å². The monoisotopic (exact) mass is 362 g/mol. The van der Waals surface area contributed by atoms with Crippen LogP contribution in [-0.2, 0) is 18.3 Å². The van der Waals surface area contributed by atoms with Crippen molar-refractivity contribution in [2.24, 2.45) is 12.0 Å². The highest BCUT2D eigenvalue weighted by Gasteiger charge is 2.09.